The number of hydrogen-bond acceptors (Lipinski definition) is 2. The molecule has 0 unspecified atom stereocenters. The van der Waals surface area contributed by atoms with Crippen molar-refractivity contribution >= 4 is 27.1 Å². The van der Waals surface area contributed by atoms with Crippen LogP contribution in [0.15, 0.2) is 59.6 Å². The largest absolute Gasteiger partial charge is 0.361 e. The molecule has 0 aliphatic heterocycles. The molecule has 3 rings (SSSR count). The highest BCUT2D eigenvalue weighted by atomic mass is 32.2. The first-order valence-corrected chi connectivity index (χ1v) is 8.08. The van der Waals surface area contributed by atoms with Crippen LogP contribution in [0.1, 0.15) is 11.1 Å². The molecule has 0 spiro atoms. The quantitative estimate of drug-likeness (QED) is 0.424. The number of rotatable bonds is 3. The number of benzene rings is 2. The van der Waals surface area contributed by atoms with Crippen LogP contribution in [0.3, 0.4) is 0 Å². The highest BCUT2D eigenvalue weighted by Crippen LogP contribution is 2.25. The molecule has 5 nitrogen and oxygen atoms in total. The number of para-hydroxylation sites is 1. The summed E-state index contributed by atoms with van der Waals surface area (Å²) in [6, 6.07) is 13.8. The van der Waals surface area contributed by atoms with Crippen LogP contribution in [0.2, 0.25) is 0 Å². The lowest BCUT2D eigenvalue weighted by atomic mass is 10.2. The van der Waals surface area contributed by atoms with E-state index in [2.05, 4.69) is 4.79 Å². The maximum Gasteiger partial charge on any atom is 0.289 e. The van der Waals surface area contributed by atoms with E-state index in [0.717, 1.165) is 5.56 Å². The van der Waals surface area contributed by atoms with E-state index in [0.29, 0.717) is 16.5 Å². The van der Waals surface area contributed by atoms with Crippen LogP contribution >= 0.6 is 0 Å². The fourth-order valence-electron chi connectivity index (χ4n) is 2.36. The van der Waals surface area contributed by atoms with Crippen LogP contribution in [0.5, 0.6) is 0 Å². The van der Waals surface area contributed by atoms with E-state index < -0.39 is 10.0 Å². The minimum atomic E-state index is -3.71. The second kappa shape index (κ2) is 5.26. The minimum absolute atomic E-state index is 0.214. The average Bonchev–Trinajstić information content (AvgIpc) is 2.88. The van der Waals surface area contributed by atoms with E-state index in [1.807, 2.05) is 6.92 Å². The van der Waals surface area contributed by atoms with Gasteiger partial charge in [-0.2, -0.15) is 4.79 Å². The Labute approximate surface area is 128 Å². The lowest BCUT2D eigenvalue weighted by Gasteiger charge is -2.07. The van der Waals surface area contributed by atoms with Crippen molar-refractivity contribution in [3.05, 3.63) is 71.4 Å². The van der Waals surface area contributed by atoms with Crippen molar-refractivity contribution in [2.24, 2.45) is 0 Å². The first kappa shape index (κ1) is 14.3. The second-order valence-electron chi connectivity index (χ2n) is 4.96. The van der Waals surface area contributed by atoms with Gasteiger partial charge in [-0.25, -0.2) is 12.4 Å². The topological polar surface area (TPSA) is 75.5 Å². The molecule has 0 radical (unpaired) electrons. The van der Waals surface area contributed by atoms with Gasteiger partial charge in [-0.05, 0) is 25.1 Å². The normalized spacial score (nSPS) is 11.3. The summed E-state index contributed by atoms with van der Waals surface area (Å²) in [5, 5.41) is 0.705. The predicted molar refractivity (Wildman–Crippen MR) is 84.5 cm³/mol. The summed E-state index contributed by atoms with van der Waals surface area (Å²) in [4.78, 5) is 3.22. The predicted octanol–water partition coefficient (Wildman–Crippen LogP) is 2.84. The van der Waals surface area contributed by atoms with E-state index in [1.165, 1.54) is 16.4 Å². The smallest absolute Gasteiger partial charge is 0.289 e. The van der Waals surface area contributed by atoms with E-state index in [-0.39, 0.29) is 4.90 Å². The van der Waals surface area contributed by atoms with E-state index in [4.69, 9.17) is 5.53 Å². The molecule has 3 aromatic rings. The molecule has 0 bridgehead atoms. The molecule has 0 aliphatic carbocycles. The Balaban J connectivity index is 2.29. The Kier molecular flexibility index (Phi) is 3.41. The fraction of sp³-hybridized carbons (Fsp3) is 0.0625. The zero-order chi connectivity index (χ0) is 15.7. The molecule has 0 atom stereocenters. The van der Waals surface area contributed by atoms with Gasteiger partial charge in [0, 0.05) is 11.6 Å². The lowest BCUT2D eigenvalue weighted by Crippen LogP contribution is -2.11. The van der Waals surface area contributed by atoms with Gasteiger partial charge >= 0.3 is 0 Å². The van der Waals surface area contributed by atoms with Crippen molar-refractivity contribution in [1.82, 2.24) is 3.97 Å². The molecule has 0 amide bonds. The van der Waals surface area contributed by atoms with Crippen LogP contribution in [-0.2, 0) is 10.0 Å². The molecule has 0 saturated heterocycles. The first-order valence-electron chi connectivity index (χ1n) is 6.64. The van der Waals surface area contributed by atoms with Crippen molar-refractivity contribution in [3.63, 3.8) is 0 Å². The highest BCUT2D eigenvalue weighted by Gasteiger charge is 2.21. The summed E-state index contributed by atoms with van der Waals surface area (Å²) in [6.07, 6.45) is 2.68. The summed E-state index contributed by atoms with van der Waals surface area (Å²) in [5.41, 5.74) is 10.8. The summed E-state index contributed by atoms with van der Waals surface area (Å²) >= 11 is 0. The van der Waals surface area contributed by atoms with Crippen molar-refractivity contribution in [2.45, 2.75) is 11.8 Å². The molecule has 0 aliphatic rings. The van der Waals surface area contributed by atoms with Gasteiger partial charge in [0.15, 0.2) is 0 Å². The van der Waals surface area contributed by atoms with Gasteiger partial charge in [0.25, 0.3) is 16.2 Å². The minimum Gasteiger partial charge on any atom is -0.361 e. The zero-order valence-electron chi connectivity index (χ0n) is 11.8. The molecule has 0 saturated carbocycles. The van der Waals surface area contributed by atoms with Crippen LogP contribution < -0.4 is 0 Å². The van der Waals surface area contributed by atoms with Crippen LogP contribution in [-0.4, -0.2) is 23.4 Å². The summed E-state index contributed by atoms with van der Waals surface area (Å²) < 4.78 is 26.9. The van der Waals surface area contributed by atoms with Gasteiger partial charge in [-0.3, -0.25) is 0 Å². The van der Waals surface area contributed by atoms with Gasteiger partial charge in [0.1, 0.15) is 0 Å². The molecule has 22 heavy (non-hydrogen) atoms. The van der Waals surface area contributed by atoms with Crippen molar-refractivity contribution < 1.29 is 13.2 Å². The van der Waals surface area contributed by atoms with E-state index in [9.17, 15) is 8.42 Å². The number of fused-ring (bicyclic) bond motifs is 1. The molecule has 0 N–H and O–H groups in total. The SMILES string of the molecule is Cc1ccc(S(=O)(=O)n2cc(C=[N+]=[N-])c3ccccc32)cc1. The van der Waals surface area contributed by atoms with Crippen LogP contribution in [0.4, 0.5) is 0 Å². The summed E-state index contributed by atoms with van der Waals surface area (Å²) in [5.74, 6) is 0. The van der Waals surface area contributed by atoms with Gasteiger partial charge in [-0.1, -0.05) is 35.9 Å². The standard InChI is InChI=1S/C16H13N3O2S/c1-12-6-8-14(9-7-12)22(20,21)19-11-13(10-18-17)15-4-2-3-5-16(15)19/h2-11H,1H3. The summed E-state index contributed by atoms with van der Waals surface area (Å²) in [6.45, 7) is 1.90. The Hall–Kier alpha value is -2.69. The number of nitrogens with zero attached hydrogens (tertiary/aromatic N) is 3. The molecular formula is C16H13N3O2S. The Morgan fingerprint density at radius 1 is 1.09 bits per heavy atom. The third kappa shape index (κ3) is 2.24. The Morgan fingerprint density at radius 2 is 1.77 bits per heavy atom. The molecular weight excluding hydrogens is 298 g/mol. The average molecular weight is 311 g/mol. The van der Waals surface area contributed by atoms with Crippen LogP contribution in [0.25, 0.3) is 16.4 Å². The van der Waals surface area contributed by atoms with Gasteiger partial charge < -0.3 is 5.53 Å². The monoisotopic (exact) mass is 311 g/mol. The fourth-order valence-corrected chi connectivity index (χ4v) is 3.74. The molecule has 1 aromatic heterocycles. The van der Waals surface area contributed by atoms with Crippen molar-refractivity contribution in [3.8, 4) is 0 Å². The highest BCUT2D eigenvalue weighted by molar-refractivity contribution is 7.90. The molecule has 0 fully saturated rings. The van der Waals surface area contributed by atoms with E-state index >= 15 is 0 Å². The zero-order valence-corrected chi connectivity index (χ0v) is 12.7. The van der Waals surface area contributed by atoms with Gasteiger partial charge in [-0.15, -0.1) is 0 Å². The Morgan fingerprint density at radius 3 is 2.45 bits per heavy atom. The second-order valence-corrected chi connectivity index (χ2v) is 6.78. The first-order chi connectivity index (χ1) is 10.5. The lowest BCUT2D eigenvalue weighted by molar-refractivity contribution is 0.00466. The van der Waals surface area contributed by atoms with Crippen molar-refractivity contribution in [2.75, 3.05) is 0 Å². The molecule has 6 heteroatoms. The van der Waals surface area contributed by atoms with E-state index in [1.54, 1.807) is 48.5 Å². The number of aryl methyl sites for hydroxylation is 1. The molecule has 2 aromatic carbocycles. The number of aromatic nitrogens is 1. The van der Waals surface area contributed by atoms with Gasteiger partial charge in [0.2, 0.25) is 0 Å². The molecule has 1 heterocycles. The van der Waals surface area contributed by atoms with Gasteiger partial charge in [0.05, 0.1) is 16.0 Å². The third-order valence-corrected chi connectivity index (χ3v) is 5.17. The van der Waals surface area contributed by atoms with Crippen molar-refractivity contribution in [1.29, 1.82) is 0 Å². The Bertz CT molecular complexity index is 996. The molecule has 110 valence electrons. The maximum atomic E-state index is 12.8. The summed E-state index contributed by atoms with van der Waals surface area (Å²) in [7, 11) is -3.71. The maximum absolute atomic E-state index is 12.8. The third-order valence-electron chi connectivity index (χ3n) is 3.48. The van der Waals surface area contributed by atoms with Crippen LogP contribution in [0, 0.1) is 6.92 Å². The number of hydrogen-bond donors (Lipinski definition) is 0.